The third-order valence-electron chi connectivity index (χ3n) is 2.80. The molecular formula is C14H20N2O3. The molecule has 2 atom stereocenters. The number of benzene rings is 1. The fourth-order valence-electron chi connectivity index (χ4n) is 1.72. The van der Waals surface area contributed by atoms with Crippen molar-refractivity contribution in [2.75, 3.05) is 0 Å². The Hall–Kier alpha value is -1.88. The summed E-state index contributed by atoms with van der Waals surface area (Å²) in [6.45, 7) is 5.37. The van der Waals surface area contributed by atoms with Crippen LogP contribution < -0.4 is 11.1 Å². The average Bonchev–Trinajstić information content (AvgIpc) is 2.34. The zero-order chi connectivity index (χ0) is 14.6. The van der Waals surface area contributed by atoms with Crippen LogP contribution in [0.15, 0.2) is 30.3 Å². The molecule has 0 aliphatic rings. The Labute approximate surface area is 112 Å². The van der Waals surface area contributed by atoms with E-state index >= 15 is 0 Å². The molecule has 1 unspecified atom stereocenters. The molecule has 0 aliphatic heterocycles. The van der Waals surface area contributed by atoms with Crippen LogP contribution in [0.5, 0.6) is 0 Å². The minimum atomic E-state index is -1.31. The molecule has 0 heterocycles. The molecule has 2 amide bonds. The topological polar surface area (TPSA) is 92.4 Å². The predicted molar refractivity (Wildman–Crippen MR) is 72.0 cm³/mol. The minimum Gasteiger partial charge on any atom is -0.378 e. The fourth-order valence-corrected chi connectivity index (χ4v) is 1.72. The van der Waals surface area contributed by atoms with Crippen molar-refractivity contribution in [3.05, 3.63) is 35.9 Å². The van der Waals surface area contributed by atoms with Crippen molar-refractivity contribution >= 4 is 11.8 Å². The molecule has 0 aromatic heterocycles. The van der Waals surface area contributed by atoms with Crippen LogP contribution in [0, 0.1) is 5.41 Å². The van der Waals surface area contributed by atoms with E-state index < -0.39 is 29.4 Å². The Morgan fingerprint density at radius 1 is 1.21 bits per heavy atom. The summed E-state index contributed by atoms with van der Waals surface area (Å²) in [6.07, 6.45) is -1.31. The van der Waals surface area contributed by atoms with Gasteiger partial charge in [-0.05, 0) is 11.0 Å². The number of nitrogens with two attached hydrogens (primary N) is 1. The Morgan fingerprint density at radius 2 is 1.74 bits per heavy atom. The molecule has 1 aromatic carbocycles. The average molecular weight is 264 g/mol. The molecule has 0 saturated carbocycles. The van der Waals surface area contributed by atoms with Crippen LogP contribution in [0.1, 0.15) is 32.4 Å². The molecule has 5 nitrogen and oxygen atoms in total. The highest BCUT2D eigenvalue weighted by Gasteiger charge is 2.32. The van der Waals surface area contributed by atoms with Gasteiger partial charge in [0.25, 0.3) is 5.91 Å². The van der Waals surface area contributed by atoms with Gasteiger partial charge in [0.05, 0.1) is 0 Å². The maximum absolute atomic E-state index is 11.9. The Morgan fingerprint density at radius 3 is 2.16 bits per heavy atom. The third kappa shape index (κ3) is 4.06. The van der Waals surface area contributed by atoms with Crippen molar-refractivity contribution in [3.8, 4) is 0 Å². The van der Waals surface area contributed by atoms with Gasteiger partial charge in [-0.25, -0.2) is 0 Å². The molecule has 0 radical (unpaired) electrons. The molecule has 0 spiro atoms. The van der Waals surface area contributed by atoms with E-state index in [-0.39, 0.29) is 0 Å². The Bertz CT molecular complexity index is 452. The van der Waals surface area contributed by atoms with Gasteiger partial charge in [-0.15, -0.1) is 0 Å². The summed E-state index contributed by atoms with van der Waals surface area (Å²) in [5.41, 5.74) is 5.23. The predicted octanol–water partition coefficient (Wildman–Crippen LogP) is 0.736. The molecule has 19 heavy (non-hydrogen) atoms. The number of carbonyl (C=O) groups is 2. The zero-order valence-corrected chi connectivity index (χ0v) is 11.4. The molecule has 1 rings (SSSR count). The highest BCUT2D eigenvalue weighted by Crippen LogP contribution is 2.20. The lowest BCUT2D eigenvalue weighted by atomic mass is 9.86. The second-order valence-corrected chi connectivity index (χ2v) is 5.52. The number of primary amides is 1. The van der Waals surface area contributed by atoms with Crippen LogP contribution in [0.2, 0.25) is 0 Å². The monoisotopic (exact) mass is 264 g/mol. The normalized spacial score (nSPS) is 14.5. The highest BCUT2D eigenvalue weighted by atomic mass is 16.3. The summed E-state index contributed by atoms with van der Waals surface area (Å²) in [5.74, 6) is -1.26. The lowest BCUT2D eigenvalue weighted by Gasteiger charge is -2.29. The second-order valence-electron chi connectivity index (χ2n) is 5.52. The molecule has 4 N–H and O–H groups in total. The zero-order valence-electron chi connectivity index (χ0n) is 11.4. The van der Waals surface area contributed by atoms with E-state index in [9.17, 15) is 14.7 Å². The van der Waals surface area contributed by atoms with Crippen LogP contribution in [-0.4, -0.2) is 23.0 Å². The van der Waals surface area contributed by atoms with E-state index in [2.05, 4.69) is 5.32 Å². The van der Waals surface area contributed by atoms with Crippen molar-refractivity contribution in [3.63, 3.8) is 0 Å². The first kappa shape index (κ1) is 15.2. The van der Waals surface area contributed by atoms with Gasteiger partial charge in [0.15, 0.2) is 6.10 Å². The van der Waals surface area contributed by atoms with Gasteiger partial charge in [0.2, 0.25) is 5.91 Å². The number of hydrogen-bond acceptors (Lipinski definition) is 3. The van der Waals surface area contributed by atoms with Gasteiger partial charge in [0, 0.05) is 0 Å². The van der Waals surface area contributed by atoms with E-state index in [0.717, 1.165) is 0 Å². The van der Waals surface area contributed by atoms with E-state index in [0.29, 0.717) is 5.56 Å². The maximum atomic E-state index is 11.9. The quantitative estimate of drug-likeness (QED) is 0.748. The number of aliphatic hydroxyl groups excluding tert-OH is 1. The largest absolute Gasteiger partial charge is 0.378 e. The summed E-state index contributed by atoms with van der Waals surface area (Å²) in [4.78, 5) is 23.3. The van der Waals surface area contributed by atoms with Gasteiger partial charge in [-0.2, -0.15) is 0 Å². The smallest absolute Gasteiger partial charge is 0.254 e. The Kier molecular flexibility index (Phi) is 4.67. The first-order valence-corrected chi connectivity index (χ1v) is 6.06. The SMILES string of the molecule is CC(C)(C)[C@H](NC(=O)C(O)c1ccccc1)C(N)=O. The number of nitrogens with one attached hydrogen (secondary N) is 1. The number of rotatable bonds is 4. The van der Waals surface area contributed by atoms with Crippen LogP contribution in [0.3, 0.4) is 0 Å². The van der Waals surface area contributed by atoms with Crippen molar-refractivity contribution in [2.24, 2.45) is 11.1 Å². The van der Waals surface area contributed by atoms with Gasteiger partial charge >= 0.3 is 0 Å². The van der Waals surface area contributed by atoms with Crippen molar-refractivity contribution in [2.45, 2.75) is 32.9 Å². The van der Waals surface area contributed by atoms with Crippen LogP contribution >= 0.6 is 0 Å². The first-order chi connectivity index (χ1) is 8.73. The van der Waals surface area contributed by atoms with Gasteiger partial charge in [0.1, 0.15) is 6.04 Å². The van der Waals surface area contributed by atoms with Crippen molar-refractivity contribution in [1.82, 2.24) is 5.32 Å². The third-order valence-corrected chi connectivity index (χ3v) is 2.80. The lowest BCUT2D eigenvalue weighted by Crippen LogP contribution is -2.53. The number of aliphatic hydroxyl groups is 1. The van der Waals surface area contributed by atoms with Gasteiger partial charge in [-0.3, -0.25) is 9.59 Å². The van der Waals surface area contributed by atoms with E-state index in [1.807, 2.05) is 0 Å². The standard InChI is InChI=1S/C14H20N2O3/c1-14(2,3)11(12(15)18)16-13(19)10(17)9-7-5-4-6-8-9/h4-8,10-11,17H,1-3H3,(H2,15,18)(H,16,19)/t10?,11-/m1/s1. The van der Waals surface area contributed by atoms with Gasteiger partial charge < -0.3 is 16.2 Å². The summed E-state index contributed by atoms with van der Waals surface area (Å²) in [5, 5.41) is 12.4. The van der Waals surface area contributed by atoms with E-state index in [1.165, 1.54) is 0 Å². The fraction of sp³-hybridized carbons (Fsp3) is 0.429. The maximum Gasteiger partial charge on any atom is 0.254 e. The summed E-state index contributed by atoms with van der Waals surface area (Å²) in [6, 6.07) is 7.68. The summed E-state index contributed by atoms with van der Waals surface area (Å²) >= 11 is 0. The number of hydrogen-bond donors (Lipinski definition) is 3. The molecule has 104 valence electrons. The van der Waals surface area contributed by atoms with E-state index in [4.69, 9.17) is 5.73 Å². The lowest BCUT2D eigenvalue weighted by molar-refractivity contribution is -0.135. The van der Waals surface area contributed by atoms with Crippen LogP contribution in [0.25, 0.3) is 0 Å². The van der Waals surface area contributed by atoms with Gasteiger partial charge in [-0.1, -0.05) is 51.1 Å². The summed E-state index contributed by atoms with van der Waals surface area (Å²) < 4.78 is 0. The van der Waals surface area contributed by atoms with Crippen LogP contribution in [0.4, 0.5) is 0 Å². The molecule has 0 aliphatic carbocycles. The van der Waals surface area contributed by atoms with Crippen LogP contribution in [-0.2, 0) is 9.59 Å². The molecule has 1 aromatic rings. The van der Waals surface area contributed by atoms with Crippen molar-refractivity contribution in [1.29, 1.82) is 0 Å². The van der Waals surface area contributed by atoms with E-state index in [1.54, 1.807) is 51.1 Å². The Balaban J connectivity index is 2.81. The molecule has 5 heteroatoms. The number of amides is 2. The first-order valence-electron chi connectivity index (χ1n) is 6.06. The van der Waals surface area contributed by atoms with Crippen molar-refractivity contribution < 1.29 is 14.7 Å². The molecular weight excluding hydrogens is 244 g/mol. The molecule has 0 saturated heterocycles. The highest BCUT2D eigenvalue weighted by molar-refractivity contribution is 5.89. The second kappa shape index (κ2) is 5.84. The summed E-state index contributed by atoms with van der Waals surface area (Å²) in [7, 11) is 0. The number of carbonyl (C=O) groups excluding carboxylic acids is 2. The molecule has 0 bridgehead atoms. The minimum absolute atomic E-state index is 0.470. The molecule has 0 fully saturated rings.